The van der Waals surface area contributed by atoms with Crippen LogP contribution in [0.5, 0.6) is 0 Å². The second kappa shape index (κ2) is 6.61. The Bertz CT molecular complexity index is 256. The van der Waals surface area contributed by atoms with Crippen LogP contribution in [0.15, 0.2) is 0 Å². The minimum Gasteiger partial charge on any atom is -0.463 e. The molecule has 0 spiro atoms. The summed E-state index contributed by atoms with van der Waals surface area (Å²) in [6.07, 6.45) is -0.0842. The number of ether oxygens (including phenoxy) is 2. The molecule has 96 valence electrons. The summed E-state index contributed by atoms with van der Waals surface area (Å²) in [6, 6.07) is 0. The summed E-state index contributed by atoms with van der Waals surface area (Å²) in [5, 5.41) is 0. The topological polar surface area (TPSA) is 71.1 Å². The van der Waals surface area contributed by atoms with E-state index in [1.807, 2.05) is 6.92 Å². The predicted octanol–water partition coefficient (Wildman–Crippen LogP) is 0.405. The Morgan fingerprint density at radius 3 is 1.76 bits per heavy atom. The van der Waals surface area contributed by atoms with Gasteiger partial charge in [0.2, 0.25) is 0 Å². The monoisotopic (exact) mass is 244 g/mol. The molecule has 0 aliphatic carbocycles. The Labute approximate surface area is 101 Å². The van der Waals surface area contributed by atoms with Gasteiger partial charge in [-0.15, -0.1) is 0 Å². The van der Waals surface area contributed by atoms with Crippen molar-refractivity contribution in [3.05, 3.63) is 0 Å². The van der Waals surface area contributed by atoms with Crippen molar-refractivity contribution in [1.82, 2.24) is 0 Å². The Morgan fingerprint density at radius 1 is 1.06 bits per heavy atom. The first-order chi connectivity index (χ1) is 8.02. The number of carbonyl (C=O) groups is 2. The summed E-state index contributed by atoms with van der Waals surface area (Å²) < 4.78 is 20.8. The zero-order valence-electron chi connectivity index (χ0n) is 10.3. The normalized spacial score (nSPS) is 23.6. The van der Waals surface area contributed by atoms with Gasteiger partial charge < -0.3 is 18.8 Å². The highest BCUT2D eigenvalue weighted by atomic mass is 16.7. The van der Waals surface area contributed by atoms with Gasteiger partial charge in [-0.05, 0) is 6.32 Å². The first-order valence-corrected chi connectivity index (χ1v) is 5.60. The van der Waals surface area contributed by atoms with Gasteiger partial charge >= 0.3 is 19.1 Å². The van der Waals surface area contributed by atoms with E-state index in [-0.39, 0.29) is 44.5 Å². The van der Waals surface area contributed by atoms with E-state index in [4.69, 9.17) is 18.8 Å². The van der Waals surface area contributed by atoms with Gasteiger partial charge in [-0.1, -0.05) is 6.92 Å². The maximum Gasteiger partial charge on any atom is 0.457 e. The number of carbonyl (C=O) groups excluding carboxylic acids is 2. The third kappa shape index (κ3) is 4.74. The molecule has 0 radical (unpaired) electrons. The highest BCUT2D eigenvalue weighted by molar-refractivity contribution is 6.45. The molecule has 0 unspecified atom stereocenters. The van der Waals surface area contributed by atoms with Gasteiger partial charge in [-0.2, -0.15) is 0 Å². The molecule has 17 heavy (non-hydrogen) atoms. The molecule has 7 heteroatoms. The van der Waals surface area contributed by atoms with Crippen LogP contribution in [0.25, 0.3) is 0 Å². The summed E-state index contributed by atoms with van der Waals surface area (Å²) in [5.74, 6) is -0.750. The first kappa shape index (κ1) is 14.0. The average Bonchev–Trinajstić information content (AvgIpc) is 2.66. The number of esters is 2. The van der Waals surface area contributed by atoms with E-state index in [0.717, 1.165) is 0 Å². The molecule has 1 rings (SSSR count). The van der Waals surface area contributed by atoms with Crippen LogP contribution in [-0.2, 0) is 28.4 Å². The summed E-state index contributed by atoms with van der Waals surface area (Å²) in [7, 11) is -0.337. The van der Waals surface area contributed by atoms with Crippen molar-refractivity contribution in [3.8, 4) is 0 Å². The molecule has 1 fully saturated rings. The van der Waals surface area contributed by atoms with Crippen molar-refractivity contribution in [3.63, 3.8) is 0 Å². The van der Waals surface area contributed by atoms with Crippen LogP contribution in [-0.4, -0.2) is 44.5 Å². The Hall–Kier alpha value is -1.08. The largest absolute Gasteiger partial charge is 0.463 e. The molecule has 1 aliphatic rings. The Morgan fingerprint density at radius 2 is 1.47 bits per heavy atom. The van der Waals surface area contributed by atoms with E-state index in [1.165, 1.54) is 13.8 Å². The molecule has 1 saturated heterocycles. The van der Waals surface area contributed by atoms with E-state index in [2.05, 4.69) is 0 Å². The molecular weight excluding hydrogens is 227 g/mol. The van der Waals surface area contributed by atoms with Crippen LogP contribution in [0.4, 0.5) is 0 Å². The van der Waals surface area contributed by atoms with Gasteiger partial charge in [0, 0.05) is 13.8 Å². The molecule has 6 nitrogen and oxygen atoms in total. The molecule has 1 heterocycles. The quantitative estimate of drug-likeness (QED) is 0.515. The molecule has 0 saturated carbocycles. The number of rotatable bonds is 5. The lowest BCUT2D eigenvalue weighted by molar-refractivity contribution is -0.148. The molecule has 0 bridgehead atoms. The lowest BCUT2D eigenvalue weighted by Crippen LogP contribution is -2.32. The molecule has 0 aromatic heterocycles. The van der Waals surface area contributed by atoms with Crippen molar-refractivity contribution < 1.29 is 28.4 Å². The second-order valence-corrected chi connectivity index (χ2v) is 3.79. The molecule has 2 atom stereocenters. The minimum absolute atomic E-state index is 0.109. The van der Waals surface area contributed by atoms with Crippen molar-refractivity contribution >= 4 is 19.1 Å². The highest BCUT2D eigenvalue weighted by Crippen LogP contribution is 2.19. The van der Waals surface area contributed by atoms with Crippen LogP contribution in [0.3, 0.4) is 0 Å². The van der Waals surface area contributed by atoms with E-state index in [0.29, 0.717) is 6.32 Å². The van der Waals surface area contributed by atoms with Crippen molar-refractivity contribution in [2.24, 2.45) is 0 Å². The summed E-state index contributed by atoms with van der Waals surface area (Å²) >= 11 is 0. The van der Waals surface area contributed by atoms with Gasteiger partial charge in [-0.25, -0.2) is 0 Å². The molecular formula is C10H17BO6. The van der Waals surface area contributed by atoms with E-state index >= 15 is 0 Å². The predicted molar refractivity (Wildman–Crippen MR) is 59.2 cm³/mol. The maximum atomic E-state index is 10.7. The lowest BCUT2D eigenvalue weighted by Gasteiger charge is -2.17. The summed E-state index contributed by atoms with van der Waals surface area (Å²) in [4.78, 5) is 21.4. The standard InChI is InChI=1S/C10H17BO6/c1-4-11-16-9(5-14-7(2)12)10(17-11)6-15-8(3)13/h9-10H,4-6H2,1-3H3/t9-,10+. The van der Waals surface area contributed by atoms with Gasteiger partial charge in [0.25, 0.3) is 0 Å². The first-order valence-electron chi connectivity index (χ1n) is 5.60. The maximum absolute atomic E-state index is 10.7. The minimum atomic E-state index is -0.386. The molecule has 0 aromatic rings. The van der Waals surface area contributed by atoms with Crippen LogP contribution in [0.1, 0.15) is 20.8 Å². The van der Waals surface area contributed by atoms with Crippen LogP contribution < -0.4 is 0 Å². The van der Waals surface area contributed by atoms with Crippen molar-refractivity contribution in [1.29, 1.82) is 0 Å². The lowest BCUT2D eigenvalue weighted by atomic mass is 9.87. The van der Waals surface area contributed by atoms with E-state index < -0.39 is 0 Å². The summed E-state index contributed by atoms with van der Waals surface area (Å²) in [6.45, 7) is 4.79. The van der Waals surface area contributed by atoms with Crippen molar-refractivity contribution in [2.75, 3.05) is 13.2 Å². The highest BCUT2D eigenvalue weighted by Gasteiger charge is 2.39. The second-order valence-electron chi connectivity index (χ2n) is 3.79. The average molecular weight is 244 g/mol. The van der Waals surface area contributed by atoms with E-state index in [9.17, 15) is 9.59 Å². The molecule has 0 amide bonds. The Kier molecular flexibility index (Phi) is 5.44. The fourth-order valence-corrected chi connectivity index (χ4v) is 1.48. The Balaban J connectivity index is 2.45. The van der Waals surface area contributed by atoms with Gasteiger partial charge in [0.05, 0.1) is 0 Å². The third-order valence-electron chi connectivity index (χ3n) is 2.30. The van der Waals surface area contributed by atoms with Crippen molar-refractivity contribution in [2.45, 2.75) is 39.3 Å². The molecule has 0 N–H and O–H groups in total. The van der Waals surface area contributed by atoms with Gasteiger partial charge in [-0.3, -0.25) is 9.59 Å². The number of hydrogen-bond acceptors (Lipinski definition) is 6. The van der Waals surface area contributed by atoms with Gasteiger partial charge in [0.1, 0.15) is 25.4 Å². The van der Waals surface area contributed by atoms with Crippen LogP contribution >= 0.6 is 0 Å². The zero-order chi connectivity index (χ0) is 12.8. The number of hydrogen-bond donors (Lipinski definition) is 0. The SMILES string of the molecule is CCB1O[C@@H](COC(C)=O)[C@@H](COC(C)=O)O1. The third-order valence-corrected chi connectivity index (χ3v) is 2.30. The molecule has 1 aliphatic heterocycles. The molecule has 0 aromatic carbocycles. The fraction of sp³-hybridized carbons (Fsp3) is 0.800. The zero-order valence-corrected chi connectivity index (χ0v) is 10.3. The smallest absolute Gasteiger partial charge is 0.457 e. The fourth-order valence-electron chi connectivity index (χ4n) is 1.48. The summed E-state index contributed by atoms with van der Waals surface area (Å²) in [5.41, 5.74) is 0. The van der Waals surface area contributed by atoms with E-state index in [1.54, 1.807) is 0 Å². The van der Waals surface area contributed by atoms with Crippen LogP contribution in [0, 0.1) is 0 Å². The van der Waals surface area contributed by atoms with Crippen LogP contribution in [0.2, 0.25) is 6.32 Å². The van der Waals surface area contributed by atoms with Gasteiger partial charge in [0.15, 0.2) is 0 Å².